The molecule has 0 fully saturated rings. The molecular weight excluding hydrogens is 282 g/mol. The van der Waals surface area contributed by atoms with Crippen molar-refractivity contribution < 1.29 is 15.0 Å². The van der Waals surface area contributed by atoms with Crippen LogP contribution in [0.3, 0.4) is 0 Å². The van der Waals surface area contributed by atoms with Crippen molar-refractivity contribution in [1.29, 1.82) is 0 Å². The maximum absolute atomic E-state index is 11.9. The van der Waals surface area contributed by atoms with Crippen molar-refractivity contribution in [3.63, 3.8) is 0 Å². The Morgan fingerprint density at radius 2 is 2.00 bits per heavy atom. The van der Waals surface area contributed by atoms with Crippen LogP contribution in [0.4, 0.5) is 0 Å². The second-order valence-corrected chi connectivity index (χ2v) is 4.85. The molecule has 1 heterocycles. The number of hydrogen-bond donors (Lipinski definition) is 3. The molecule has 0 atom stereocenters. The van der Waals surface area contributed by atoms with Gasteiger partial charge in [-0.1, -0.05) is 17.7 Å². The predicted molar refractivity (Wildman–Crippen MR) is 82.8 cm³/mol. The number of aromatic hydroxyl groups is 1. The number of nitrogens with one attached hydrogen (secondary N) is 1. The van der Waals surface area contributed by atoms with Crippen molar-refractivity contribution in [1.82, 2.24) is 10.4 Å². The fourth-order valence-corrected chi connectivity index (χ4v) is 1.85. The number of pyridine rings is 1. The minimum Gasteiger partial charge on any atom is -0.505 e. The first-order valence-corrected chi connectivity index (χ1v) is 6.71. The molecule has 0 unspecified atom stereocenters. The highest BCUT2D eigenvalue weighted by Crippen LogP contribution is 2.21. The molecule has 2 rings (SSSR count). The fourth-order valence-electron chi connectivity index (χ4n) is 1.85. The third-order valence-corrected chi connectivity index (χ3v) is 3.20. The monoisotopic (exact) mass is 299 g/mol. The molecule has 114 valence electrons. The van der Waals surface area contributed by atoms with E-state index in [0.717, 1.165) is 5.56 Å². The summed E-state index contributed by atoms with van der Waals surface area (Å²) in [6.45, 7) is 3.29. The van der Waals surface area contributed by atoms with Gasteiger partial charge >= 0.3 is 0 Å². The maximum atomic E-state index is 11.9. The molecule has 0 aliphatic rings. The van der Waals surface area contributed by atoms with Crippen molar-refractivity contribution in [2.24, 2.45) is 5.10 Å². The summed E-state index contributed by atoms with van der Waals surface area (Å²) in [4.78, 5) is 15.9. The van der Waals surface area contributed by atoms with E-state index in [-0.39, 0.29) is 18.3 Å². The fraction of sp³-hybridized carbons (Fsp3) is 0.188. The van der Waals surface area contributed by atoms with E-state index >= 15 is 0 Å². The lowest BCUT2D eigenvalue weighted by Gasteiger charge is -2.07. The van der Waals surface area contributed by atoms with Gasteiger partial charge in [0.25, 0.3) is 5.91 Å². The number of hydrazone groups is 1. The molecule has 0 radical (unpaired) electrons. The number of carbonyl (C=O) groups excluding carboxylic acids is 1. The van der Waals surface area contributed by atoms with Gasteiger partial charge in [-0.2, -0.15) is 5.10 Å². The van der Waals surface area contributed by atoms with Crippen molar-refractivity contribution in [3.05, 3.63) is 58.4 Å². The molecule has 1 aromatic carbocycles. The Balaban J connectivity index is 2.14. The predicted octanol–water partition coefficient (Wildman–Crippen LogP) is 1.66. The van der Waals surface area contributed by atoms with E-state index < -0.39 is 0 Å². The number of nitrogens with zero attached hydrogens (tertiary/aromatic N) is 2. The van der Waals surface area contributed by atoms with E-state index in [2.05, 4.69) is 15.5 Å². The van der Waals surface area contributed by atoms with Crippen molar-refractivity contribution in [2.45, 2.75) is 20.5 Å². The van der Waals surface area contributed by atoms with Gasteiger partial charge in [-0.05, 0) is 26.0 Å². The molecule has 1 aromatic heterocycles. The number of amides is 1. The van der Waals surface area contributed by atoms with Gasteiger partial charge in [0.15, 0.2) is 0 Å². The van der Waals surface area contributed by atoms with Gasteiger partial charge in [0.2, 0.25) is 0 Å². The Bertz CT molecular complexity index is 709. The summed E-state index contributed by atoms with van der Waals surface area (Å²) in [7, 11) is 0. The summed E-state index contributed by atoms with van der Waals surface area (Å²) in [5.41, 5.74) is 5.11. The van der Waals surface area contributed by atoms with Crippen LogP contribution in [0.2, 0.25) is 0 Å². The highest BCUT2D eigenvalue weighted by molar-refractivity contribution is 5.95. The van der Waals surface area contributed by atoms with Gasteiger partial charge in [-0.25, -0.2) is 5.43 Å². The third kappa shape index (κ3) is 3.48. The maximum Gasteiger partial charge on any atom is 0.271 e. The molecule has 0 aliphatic carbocycles. The summed E-state index contributed by atoms with van der Waals surface area (Å²) in [5.74, 6) is -0.424. The molecule has 2 aromatic rings. The minimum absolute atomic E-state index is 0.0696. The van der Waals surface area contributed by atoms with Crippen LogP contribution in [0.1, 0.15) is 32.7 Å². The first-order chi connectivity index (χ1) is 10.5. The second-order valence-electron chi connectivity index (χ2n) is 4.85. The van der Waals surface area contributed by atoms with Crippen LogP contribution >= 0.6 is 0 Å². The summed E-state index contributed by atoms with van der Waals surface area (Å²) in [5, 5.41) is 23.0. The SMILES string of the molecule is Cc1ccc(C(=O)N/N=C\c2c(CO)cnc(C)c2O)cc1. The highest BCUT2D eigenvalue weighted by atomic mass is 16.3. The van der Waals surface area contributed by atoms with E-state index in [1.165, 1.54) is 12.4 Å². The molecule has 0 aliphatic heterocycles. The number of aliphatic hydroxyl groups is 1. The average molecular weight is 299 g/mol. The van der Waals surface area contributed by atoms with E-state index in [9.17, 15) is 15.0 Å². The van der Waals surface area contributed by atoms with Crippen molar-refractivity contribution >= 4 is 12.1 Å². The number of rotatable bonds is 4. The molecule has 0 saturated carbocycles. The largest absolute Gasteiger partial charge is 0.505 e. The zero-order valence-electron chi connectivity index (χ0n) is 12.4. The van der Waals surface area contributed by atoms with Crippen LogP contribution in [0, 0.1) is 13.8 Å². The van der Waals surface area contributed by atoms with E-state index in [4.69, 9.17) is 0 Å². The minimum atomic E-state index is -0.355. The Morgan fingerprint density at radius 3 is 2.64 bits per heavy atom. The Hall–Kier alpha value is -2.73. The number of hydrogen-bond acceptors (Lipinski definition) is 5. The van der Waals surface area contributed by atoms with Gasteiger partial charge in [-0.15, -0.1) is 0 Å². The van der Waals surface area contributed by atoms with Crippen LogP contribution < -0.4 is 5.43 Å². The van der Waals surface area contributed by atoms with Gasteiger partial charge in [-0.3, -0.25) is 9.78 Å². The van der Waals surface area contributed by atoms with E-state index in [1.807, 2.05) is 19.1 Å². The zero-order chi connectivity index (χ0) is 16.1. The van der Waals surface area contributed by atoms with Gasteiger partial charge in [0.05, 0.1) is 18.5 Å². The van der Waals surface area contributed by atoms with Crippen molar-refractivity contribution in [2.75, 3.05) is 0 Å². The normalized spacial score (nSPS) is 10.9. The lowest BCUT2D eigenvalue weighted by molar-refractivity contribution is 0.0955. The zero-order valence-corrected chi connectivity index (χ0v) is 12.4. The number of aliphatic hydroxyl groups excluding tert-OH is 1. The topological polar surface area (TPSA) is 94.8 Å². The molecule has 0 saturated heterocycles. The number of carbonyl (C=O) groups is 1. The van der Waals surface area contributed by atoms with Crippen LogP contribution in [0.15, 0.2) is 35.6 Å². The first kappa shape index (κ1) is 15.7. The number of benzene rings is 1. The van der Waals surface area contributed by atoms with Crippen LogP contribution in [0.25, 0.3) is 0 Å². The summed E-state index contributed by atoms with van der Waals surface area (Å²) in [6, 6.07) is 7.07. The molecule has 6 heteroatoms. The van der Waals surface area contributed by atoms with E-state index in [1.54, 1.807) is 19.1 Å². The van der Waals surface area contributed by atoms with Crippen LogP contribution in [-0.4, -0.2) is 27.3 Å². The standard InChI is InChI=1S/C16H17N3O3/c1-10-3-5-12(6-4-10)16(22)19-18-8-14-13(9-20)7-17-11(2)15(14)21/h3-8,20-21H,9H2,1-2H3,(H,19,22)/b18-8-. The Labute approximate surface area is 128 Å². The Kier molecular flexibility index (Phi) is 4.85. The lowest BCUT2D eigenvalue weighted by Crippen LogP contribution is -2.17. The van der Waals surface area contributed by atoms with Gasteiger partial charge in [0.1, 0.15) is 5.75 Å². The molecule has 0 spiro atoms. The number of aromatic nitrogens is 1. The first-order valence-electron chi connectivity index (χ1n) is 6.71. The summed E-state index contributed by atoms with van der Waals surface area (Å²) >= 11 is 0. The molecule has 0 bridgehead atoms. The quantitative estimate of drug-likeness (QED) is 0.591. The van der Waals surface area contributed by atoms with Crippen LogP contribution in [-0.2, 0) is 6.61 Å². The number of aryl methyl sites for hydroxylation is 2. The molecule has 6 nitrogen and oxygen atoms in total. The van der Waals surface area contributed by atoms with Gasteiger partial charge in [0, 0.05) is 22.9 Å². The lowest BCUT2D eigenvalue weighted by atomic mass is 10.1. The highest BCUT2D eigenvalue weighted by Gasteiger charge is 2.09. The molecular formula is C16H17N3O3. The molecule has 3 N–H and O–H groups in total. The molecule has 1 amide bonds. The smallest absolute Gasteiger partial charge is 0.271 e. The third-order valence-electron chi connectivity index (χ3n) is 3.20. The second kappa shape index (κ2) is 6.82. The van der Waals surface area contributed by atoms with Crippen LogP contribution in [0.5, 0.6) is 5.75 Å². The average Bonchev–Trinajstić information content (AvgIpc) is 2.52. The summed E-state index contributed by atoms with van der Waals surface area (Å²) < 4.78 is 0. The summed E-state index contributed by atoms with van der Waals surface area (Å²) in [6.07, 6.45) is 2.75. The molecule has 22 heavy (non-hydrogen) atoms. The van der Waals surface area contributed by atoms with Crippen molar-refractivity contribution in [3.8, 4) is 5.75 Å². The van der Waals surface area contributed by atoms with E-state index in [0.29, 0.717) is 22.4 Å². The Morgan fingerprint density at radius 1 is 1.32 bits per heavy atom. The van der Waals surface area contributed by atoms with Gasteiger partial charge < -0.3 is 10.2 Å².